The van der Waals surface area contributed by atoms with Gasteiger partial charge in [-0.15, -0.1) is 11.3 Å². The Morgan fingerprint density at radius 2 is 1.88 bits per heavy atom. The molecule has 4 nitrogen and oxygen atoms in total. The highest BCUT2D eigenvalue weighted by Crippen LogP contribution is 2.34. The lowest BCUT2D eigenvalue weighted by Gasteiger charge is -2.08. The van der Waals surface area contributed by atoms with Crippen molar-refractivity contribution >= 4 is 51.4 Å². The smallest absolute Gasteiger partial charge is 0.340 e. The second-order valence-electron chi connectivity index (χ2n) is 5.46. The fourth-order valence-electron chi connectivity index (χ4n) is 2.08. The number of nitrogens with one attached hydrogen (secondary N) is 1. The van der Waals surface area contributed by atoms with E-state index in [-0.39, 0.29) is 18.2 Å². The van der Waals surface area contributed by atoms with Crippen LogP contribution >= 0.6 is 34.5 Å². The highest BCUT2D eigenvalue weighted by Gasteiger charge is 2.20. The third-order valence-corrected chi connectivity index (χ3v) is 5.44. The van der Waals surface area contributed by atoms with Crippen LogP contribution < -0.4 is 5.32 Å². The molecule has 0 atom stereocenters. The number of carbonyl (C=O) groups is 2. The van der Waals surface area contributed by atoms with Gasteiger partial charge < -0.3 is 10.1 Å². The molecule has 2 rings (SSSR count). The number of carbonyl (C=O) groups excluding carboxylic acids is 2. The minimum absolute atomic E-state index is 0.0219. The SMILES string of the molecule is COC(=O)c1cc(C(C)C)sc1NC(=O)Cc1c(Cl)cccc1Cl. The summed E-state index contributed by atoms with van der Waals surface area (Å²) in [5.74, 6) is -0.543. The molecule has 1 heterocycles. The van der Waals surface area contributed by atoms with Crippen molar-refractivity contribution in [3.63, 3.8) is 0 Å². The molecule has 1 aromatic heterocycles. The molecule has 0 unspecified atom stereocenters. The average molecular weight is 386 g/mol. The Kier molecular flexibility index (Phi) is 6.27. The summed E-state index contributed by atoms with van der Waals surface area (Å²) < 4.78 is 4.78. The molecular formula is C17H17Cl2NO3S. The summed E-state index contributed by atoms with van der Waals surface area (Å²) in [7, 11) is 1.31. The van der Waals surface area contributed by atoms with E-state index in [4.69, 9.17) is 27.9 Å². The van der Waals surface area contributed by atoms with E-state index in [1.807, 2.05) is 13.8 Å². The van der Waals surface area contributed by atoms with E-state index in [2.05, 4.69) is 5.32 Å². The van der Waals surface area contributed by atoms with Crippen LogP contribution in [0.15, 0.2) is 24.3 Å². The number of anilines is 1. The van der Waals surface area contributed by atoms with Crippen LogP contribution in [0.2, 0.25) is 10.0 Å². The van der Waals surface area contributed by atoms with Gasteiger partial charge in [0.2, 0.25) is 5.91 Å². The number of hydrogen-bond acceptors (Lipinski definition) is 4. The van der Waals surface area contributed by atoms with Gasteiger partial charge in [0.25, 0.3) is 0 Å². The minimum Gasteiger partial charge on any atom is -0.465 e. The Morgan fingerprint density at radius 1 is 1.25 bits per heavy atom. The zero-order valence-corrected chi connectivity index (χ0v) is 15.8. The summed E-state index contributed by atoms with van der Waals surface area (Å²) in [6.07, 6.45) is 0.0219. The monoisotopic (exact) mass is 385 g/mol. The third-order valence-electron chi connectivity index (χ3n) is 3.38. The van der Waals surface area contributed by atoms with Gasteiger partial charge in [-0.2, -0.15) is 0 Å². The van der Waals surface area contributed by atoms with Crippen molar-refractivity contribution in [1.82, 2.24) is 0 Å². The first-order valence-electron chi connectivity index (χ1n) is 7.28. The molecule has 0 aliphatic rings. The van der Waals surface area contributed by atoms with Crippen LogP contribution in [0.5, 0.6) is 0 Å². The van der Waals surface area contributed by atoms with E-state index in [9.17, 15) is 9.59 Å². The van der Waals surface area contributed by atoms with Gasteiger partial charge in [-0.1, -0.05) is 43.1 Å². The number of hydrogen-bond donors (Lipinski definition) is 1. The lowest BCUT2D eigenvalue weighted by Crippen LogP contribution is -2.16. The number of benzene rings is 1. The van der Waals surface area contributed by atoms with Crippen molar-refractivity contribution in [2.75, 3.05) is 12.4 Å². The second-order valence-corrected chi connectivity index (χ2v) is 7.36. The summed E-state index contributed by atoms with van der Waals surface area (Å²) in [5.41, 5.74) is 0.906. The summed E-state index contributed by atoms with van der Waals surface area (Å²) >= 11 is 13.5. The Bertz CT molecular complexity index is 751. The molecule has 0 bridgehead atoms. The molecule has 0 spiro atoms. The maximum absolute atomic E-state index is 12.4. The van der Waals surface area contributed by atoms with Crippen molar-refractivity contribution in [3.8, 4) is 0 Å². The van der Waals surface area contributed by atoms with Gasteiger partial charge >= 0.3 is 5.97 Å². The molecule has 0 saturated heterocycles. The Hall–Kier alpha value is -1.56. The topological polar surface area (TPSA) is 55.4 Å². The number of esters is 1. The number of thiophene rings is 1. The molecule has 0 radical (unpaired) electrons. The van der Waals surface area contributed by atoms with Gasteiger partial charge in [0.15, 0.2) is 0 Å². The minimum atomic E-state index is -0.482. The predicted octanol–water partition coefficient (Wildman–Crippen LogP) is 5.15. The molecule has 1 aromatic carbocycles. The Balaban J connectivity index is 2.24. The van der Waals surface area contributed by atoms with Crippen LogP contribution in [-0.4, -0.2) is 19.0 Å². The maximum atomic E-state index is 12.4. The van der Waals surface area contributed by atoms with Gasteiger partial charge in [-0.05, 0) is 29.7 Å². The van der Waals surface area contributed by atoms with Gasteiger partial charge in [0.1, 0.15) is 5.00 Å². The van der Waals surface area contributed by atoms with Crippen molar-refractivity contribution in [2.24, 2.45) is 0 Å². The molecule has 2 aromatic rings. The summed E-state index contributed by atoms with van der Waals surface area (Å²) in [4.78, 5) is 25.3. The highest BCUT2D eigenvalue weighted by molar-refractivity contribution is 7.16. The molecule has 0 fully saturated rings. The van der Waals surface area contributed by atoms with Crippen LogP contribution in [0.3, 0.4) is 0 Å². The second kappa shape index (κ2) is 8.01. The zero-order valence-electron chi connectivity index (χ0n) is 13.5. The van der Waals surface area contributed by atoms with E-state index in [0.29, 0.717) is 26.2 Å². The first kappa shape index (κ1) is 18.8. The number of amides is 1. The fraction of sp³-hybridized carbons (Fsp3) is 0.294. The van der Waals surface area contributed by atoms with Crippen LogP contribution in [0.25, 0.3) is 0 Å². The third kappa shape index (κ3) is 4.29. The van der Waals surface area contributed by atoms with Gasteiger partial charge in [-0.3, -0.25) is 4.79 Å². The number of rotatable bonds is 5. The number of methoxy groups -OCH3 is 1. The summed E-state index contributed by atoms with van der Waals surface area (Å²) in [6, 6.07) is 6.82. The summed E-state index contributed by atoms with van der Waals surface area (Å²) in [6.45, 7) is 4.03. The Labute approximate surface area is 154 Å². The molecule has 7 heteroatoms. The molecule has 0 saturated carbocycles. The van der Waals surface area contributed by atoms with E-state index in [1.54, 1.807) is 24.3 Å². The standard InChI is InChI=1S/C17H17Cl2NO3S/c1-9(2)14-7-11(17(22)23-3)16(24-14)20-15(21)8-10-12(18)5-4-6-13(10)19/h4-7,9H,8H2,1-3H3,(H,20,21). The highest BCUT2D eigenvalue weighted by atomic mass is 35.5. The largest absolute Gasteiger partial charge is 0.465 e. The lowest BCUT2D eigenvalue weighted by molar-refractivity contribution is -0.115. The van der Waals surface area contributed by atoms with Crippen molar-refractivity contribution in [1.29, 1.82) is 0 Å². The van der Waals surface area contributed by atoms with E-state index in [1.165, 1.54) is 18.4 Å². The number of halogens is 2. The molecule has 1 N–H and O–H groups in total. The quantitative estimate of drug-likeness (QED) is 0.724. The Morgan fingerprint density at radius 3 is 2.42 bits per heavy atom. The molecule has 0 aliphatic heterocycles. The van der Waals surface area contributed by atoms with Gasteiger partial charge in [0.05, 0.1) is 19.1 Å². The fourth-order valence-corrected chi connectivity index (χ4v) is 3.68. The first-order chi connectivity index (χ1) is 11.3. The van der Waals surface area contributed by atoms with Crippen molar-refractivity contribution < 1.29 is 14.3 Å². The van der Waals surface area contributed by atoms with Gasteiger partial charge in [-0.25, -0.2) is 4.79 Å². The summed E-state index contributed by atoms with van der Waals surface area (Å²) in [5, 5.41) is 4.10. The predicted molar refractivity (Wildman–Crippen MR) is 98.5 cm³/mol. The van der Waals surface area contributed by atoms with E-state index >= 15 is 0 Å². The average Bonchev–Trinajstić information content (AvgIpc) is 2.94. The van der Waals surface area contributed by atoms with Crippen LogP contribution in [-0.2, 0) is 16.0 Å². The van der Waals surface area contributed by atoms with Crippen LogP contribution in [0, 0.1) is 0 Å². The van der Waals surface area contributed by atoms with Gasteiger partial charge in [0, 0.05) is 14.9 Å². The zero-order chi connectivity index (χ0) is 17.9. The maximum Gasteiger partial charge on any atom is 0.340 e. The van der Waals surface area contributed by atoms with Crippen molar-refractivity contribution in [2.45, 2.75) is 26.2 Å². The van der Waals surface area contributed by atoms with Crippen molar-refractivity contribution in [3.05, 3.63) is 50.3 Å². The van der Waals surface area contributed by atoms with Crippen LogP contribution in [0.4, 0.5) is 5.00 Å². The van der Waals surface area contributed by atoms with E-state index in [0.717, 1.165) is 4.88 Å². The molecular weight excluding hydrogens is 369 g/mol. The number of ether oxygens (including phenoxy) is 1. The first-order valence-corrected chi connectivity index (χ1v) is 8.85. The molecule has 1 amide bonds. The van der Waals surface area contributed by atoms with Crippen LogP contribution in [0.1, 0.15) is 40.6 Å². The molecule has 0 aliphatic carbocycles. The lowest BCUT2D eigenvalue weighted by atomic mass is 10.1. The van der Waals surface area contributed by atoms with E-state index < -0.39 is 5.97 Å². The molecule has 128 valence electrons. The molecule has 24 heavy (non-hydrogen) atoms. The normalized spacial score (nSPS) is 10.8.